The number of hydrogen-bond acceptors (Lipinski definition) is 6. The molecule has 1 aromatic rings. The van der Waals surface area contributed by atoms with E-state index in [4.69, 9.17) is 28.4 Å². The van der Waals surface area contributed by atoms with E-state index in [2.05, 4.69) is 5.32 Å². The molecule has 0 aliphatic heterocycles. The van der Waals surface area contributed by atoms with E-state index in [1.165, 1.54) is 24.3 Å². The monoisotopic (exact) mass is 323 g/mol. The van der Waals surface area contributed by atoms with E-state index in [1.807, 2.05) is 0 Å². The fourth-order valence-corrected chi connectivity index (χ4v) is 1.63. The lowest BCUT2D eigenvalue weighted by Crippen LogP contribution is -2.44. The van der Waals surface area contributed by atoms with Gasteiger partial charge in [0.05, 0.1) is 18.3 Å². The summed E-state index contributed by atoms with van der Waals surface area (Å²) in [6, 6.07) is 4.27. The molecule has 0 radical (unpaired) electrons. The van der Waals surface area contributed by atoms with Gasteiger partial charge in [-0.2, -0.15) is 0 Å². The number of anilines is 1. The number of halogens is 2. The SMILES string of the molecule is O=C(N[C@@H](CO)[C@@H](O)c1ccc(N([O-])O)cc1)C(Cl)Cl. The molecule has 0 unspecified atom stereocenters. The largest absolute Gasteiger partial charge is 0.733 e. The zero-order valence-electron chi connectivity index (χ0n) is 10.1. The fraction of sp³-hybridized carbons (Fsp3) is 0.364. The maximum atomic E-state index is 11.3. The first-order chi connectivity index (χ1) is 9.36. The molecule has 0 spiro atoms. The van der Waals surface area contributed by atoms with Crippen LogP contribution in [0.4, 0.5) is 5.69 Å². The van der Waals surface area contributed by atoms with Crippen molar-refractivity contribution in [2.24, 2.45) is 0 Å². The number of rotatable bonds is 6. The second-order valence-electron chi connectivity index (χ2n) is 3.91. The van der Waals surface area contributed by atoms with Gasteiger partial charge in [0.1, 0.15) is 6.10 Å². The molecule has 0 saturated carbocycles. The van der Waals surface area contributed by atoms with Gasteiger partial charge < -0.3 is 26.0 Å². The molecule has 0 fully saturated rings. The summed E-state index contributed by atoms with van der Waals surface area (Å²) < 4.78 is 0. The van der Waals surface area contributed by atoms with E-state index in [9.17, 15) is 20.2 Å². The number of amides is 1. The maximum Gasteiger partial charge on any atom is 0.253 e. The molecule has 0 bridgehead atoms. The number of aliphatic hydroxyl groups excluding tert-OH is 2. The van der Waals surface area contributed by atoms with E-state index in [0.29, 0.717) is 5.56 Å². The molecular weight excluding hydrogens is 311 g/mol. The molecule has 0 saturated heterocycles. The smallest absolute Gasteiger partial charge is 0.253 e. The number of benzene rings is 1. The molecule has 112 valence electrons. The van der Waals surface area contributed by atoms with Gasteiger partial charge in [-0.15, -0.1) is 0 Å². The molecule has 0 aliphatic rings. The Morgan fingerprint density at radius 2 is 1.90 bits per heavy atom. The average molecular weight is 324 g/mol. The third-order valence-corrected chi connectivity index (χ3v) is 2.96. The van der Waals surface area contributed by atoms with Gasteiger partial charge in [-0.3, -0.25) is 10.0 Å². The van der Waals surface area contributed by atoms with Crippen molar-refractivity contribution in [3.63, 3.8) is 0 Å². The van der Waals surface area contributed by atoms with E-state index in [0.717, 1.165) is 0 Å². The topological polar surface area (TPSA) is 116 Å². The van der Waals surface area contributed by atoms with Crippen LogP contribution in [0.2, 0.25) is 0 Å². The highest BCUT2D eigenvalue weighted by molar-refractivity contribution is 6.53. The average Bonchev–Trinajstić information content (AvgIpc) is 2.43. The van der Waals surface area contributed by atoms with Crippen molar-refractivity contribution in [3.05, 3.63) is 35.0 Å². The number of hydrogen-bond donors (Lipinski definition) is 4. The first kappa shape index (κ1) is 17.0. The third-order valence-electron chi connectivity index (χ3n) is 2.56. The maximum absolute atomic E-state index is 11.3. The van der Waals surface area contributed by atoms with Gasteiger partial charge >= 0.3 is 0 Å². The van der Waals surface area contributed by atoms with Crippen LogP contribution in [0.15, 0.2) is 24.3 Å². The number of aliphatic hydroxyl groups is 2. The van der Waals surface area contributed by atoms with Crippen molar-refractivity contribution in [3.8, 4) is 0 Å². The van der Waals surface area contributed by atoms with E-state index >= 15 is 0 Å². The summed E-state index contributed by atoms with van der Waals surface area (Å²) in [5.74, 6) is -0.746. The van der Waals surface area contributed by atoms with Crippen LogP contribution in [0, 0.1) is 5.21 Å². The summed E-state index contributed by atoms with van der Waals surface area (Å²) in [5, 5.41) is 40.4. The lowest BCUT2D eigenvalue weighted by molar-refractivity contribution is -0.121. The predicted octanol–water partition coefficient (Wildman–Crippen LogP) is 0.694. The molecular formula is C11H13Cl2N2O5-. The molecule has 1 amide bonds. The Morgan fingerprint density at radius 3 is 2.30 bits per heavy atom. The van der Waals surface area contributed by atoms with Gasteiger partial charge in [0.2, 0.25) is 0 Å². The quantitative estimate of drug-likeness (QED) is 0.452. The predicted molar refractivity (Wildman–Crippen MR) is 73.5 cm³/mol. The first-order valence-corrected chi connectivity index (χ1v) is 6.37. The lowest BCUT2D eigenvalue weighted by atomic mass is 10.0. The Kier molecular flexibility index (Phi) is 6.47. The van der Waals surface area contributed by atoms with Crippen molar-refractivity contribution in [1.29, 1.82) is 0 Å². The summed E-state index contributed by atoms with van der Waals surface area (Å²) in [6.45, 7) is -0.539. The van der Waals surface area contributed by atoms with Gasteiger partial charge in [-0.1, -0.05) is 35.3 Å². The Labute approximate surface area is 124 Å². The lowest BCUT2D eigenvalue weighted by Gasteiger charge is -2.25. The zero-order valence-corrected chi connectivity index (χ0v) is 11.6. The van der Waals surface area contributed by atoms with Crippen LogP contribution in [0.25, 0.3) is 0 Å². The van der Waals surface area contributed by atoms with Crippen molar-refractivity contribution in [1.82, 2.24) is 5.32 Å². The zero-order chi connectivity index (χ0) is 15.3. The molecule has 4 N–H and O–H groups in total. The minimum absolute atomic E-state index is 0.0212. The molecule has 7 nitrogen and oxygen atoms in total. The molecule has 1 rings (SSSR count). The van der Waals surface area contributed by atoms with Crippen LogP contribution in [-0.2, 0) is 4.79 Å². The van der Waals surface area contributed by atoms with Crippen LogP contribution in [0.1, 0.15) is 11.7 Å². The summed E-state index contributed by atoms with van der Waals surface area (Å²) in [6.07, 6.45) is -1.23. The first-order valence-electron chi connectivity index (χ1n) is 5.50. The summed E-state index contributed by atoms with van der Waals surface area (Å²) in [5.41, 5.74) is 0.308. The van der Waals surface area contributed by atoms with E-state index < -0.39 is 29.5 Å². The Bertz CT molecular complexity index is 441. The van der Waals surface area contributed by atoms with Crippen molar-refractivity contribution in [2.45, 2.75) is 17.0 Å². The van der Waals surface area contributed by atoms with Gasteiger partial charge in [0.25, 0.3) is 5.91 Å². The molecule has 1 aromatic carbocycles. The third kappa shape index (κ3) is 4.48. The van der Waals surface area contributed by atoms with Crippen molar-refractivity contribution in [2.75, 3.05) is 11.8 Å². The van der Waals surface area contributed by atoms with Gasteiger partial charge in [0, 0.05) is 0 Å². The van der Waals surface area contributed by atoms with Crippen LogP contribution in [0.3, 0.4) is 0 Å². The van der Waals surface area contributed by atoms with Crippen LogP contribution < -0.4 is 10.5 Å². The second kappa shape index (κ2) is 7.63. The van der Waals surface area contributed by atoms with Crippen LogP contribution >= 0.6 is 23.2 Å². The normalized spacial score (nSPS) is 13.9. The van der Waals surface area contributed by atoms with Crippen LogP contribution in [0.5, 0.6) is 0 Å². The molecule has 20 heavy (non-hydrogen) atoms. The van der Waals surface area contributed by atoms with Crippen LogP contribution in [-0.4, -0.2) is 38.8 Å². The Balaban J connectivity index is 2.80. The van der Waals surface area contributed by atoms with E-state index in [1.54, 1.807) is 0 Å². The molecule has 2 atom stereocenters. The highest BCUT2D eigenvalue weighted by atomic mass is 35.5. The van der Waals surface area contributed by atoms with E-state index in [-0.39, 0.29) is 10.9 Å². The minimum atomic E-state index is -1.32. The molecule has 9 heteroatoms. The van der Waals surface area contributed by atoms with Gasteiger partial charge in [0.15, 0.2) is 4.84 Å². The molecule has 0 aromatic heterocycles. The number of nitrogens with one attached hydrogen (secondary N) is 1. The second-order valence-corrected chi connectivity index (χ2v) is 5.00. The standard InChI is InChI=1S/C11H13Cl2N2O5/c12-10(13)11(18)14-8(5-16)9(17)6-1-3-7(4-2-6)15(19)20/h1-4,8-10,16-17,19H,5H2,(H,14,18)/q-1/t8-,9-/m0/s1. The summed E-state index contributed by atoms with van der Waals surface area (Å²) in [7, 11) is 0. The fourth-order valence-electron chi connectivity index (χ4n) is 1.50. The number of alkyl halides is 2. The number of carbonyl (C=O) groups is 1. The van der Waals surface area contributed by atoms with Gasteiger partial charge in [-0.25, -0.2) is 0 Å². The number of carbonyl (C=O) groups excluding carboxylic acids is 1. The van der Waals surface area contributed by atoms with Crippen molar-refractivity contribution < 1.29 is 20.2 Å². The molecule has 0 aliphatic carbocycles. The molecule has 0 heterocycles. The van der Waals surface area contributed by atoms with Crippen molar-refractivity contribution >= 4 is 34.8 Å². The highest BCUT2D eigenvalue weighted by Crippen LogP contribution is 2.21. The minimum Gasteiger partial charge on any atom is -0.733 e. The number of nitrogens with zero attached hydrogens (tertiary/aromatic N) is 1. The Morgan fingerprint density at radius 1 is 1.35 bits per heavy atom. The summed E-state index contributed by atoms with van der Waals surface area (Å²) in [4.78, 5) is 10.00. The summed E-state index contributed by atoms with van der Waals surface area (Å²) >= 11 is 10.7. The van der Waals surface area contributed by atoms with Gasteiger partial charge in [-0.05, 0) is 17.7 Å². The Hall–Kier alpha value is -1.09. The highest BCUT2D eigenvalue weighted by Gasteiger charge is 2.24.